The Hall–Kier alpha value is -3.08. The molecule has 0 aliphatic heterocycles. The van der Waals surface area contributed by atoms with E-state index < -0.39 is 0 Å². The zero-order chi connectivity index (χ0) is 20.4. The Morgan fingerprint density at radius 3 is 2.50 bits per heavy atom. The van der Waals surface area contributed by atoms with Crippen LogP contribution in [0.2, 0.25) is 0 Å². The van der Waals surface area contributed by atoms with E-state index in [1.54, 1.807) is 36.1 Å². The molecule has 1 amide bonds. The van der Waals surface area contributed by atoms with Crippen molar-refractivity contribution in [3.63, 3.8) is 0 Å². The van der Waals surface area contributed by atoms with Crippen LogP contribution in [0.3, 0.4) is 0 Å². The van der Waals surface area contributed by atoms with Gasteiger partial charge in [0.05, 0.1) is 13.0 Å². The van der Waals surface area contributed by atoms with Crippen molar-refractivity contribution >= 4 is 11.9 Å². The van der Waals surface area contributed by atoms with E-state index in [1.807, 2.05) is 37.3 Å². The van der Waals surface area contributed by atoms with Crippen LogP contribution in [-0.2, 0) is 16.1 Å². The van der Waals surface area contributed by atoms with Gasteiger partial charge < -0.3 is 14.4 Å². The molecule has 2 aromatic carbocycles. The lowest BCUT2D eigenvalue weighted by atomic mass is 10.1. The summed E-state index contributed by atoms with van der Waals surface area (Å²) in [5, 5.41) is 0. The molecule has 0 aliphatic carbocycles. The van der Waals surface area contributed by atoms with Crippen molar-refractivity contribution < 1.29 is 19.1 Å². The number of amides is 1. The summed E-state index contributed by atoms with van der Waals surface area (Å²) in [4.78, 5) is 26.5. The smallest absolute Gasteiger partial charge is 0.307 e. The summed E-state index contributed by atoms with van der Waals surface area (Å²) in [6, 6.07) is 16.7. The summed E-state index contributed by atoms with van der Waals surface area (Å²) in [6.45, 7) is 8.88. The summed E-state index contributed by atoms with van der Waals surface area (Å²) in [7, 11) is 0. The molecule has 2 aromatic rings. The molecule has 2 rings (SSSR count). The zero-order valence-corrected chi connectivity index (χ0v) is 16.5. The molecule has 0 aliphatic rings. The number of hydrogen-bond donors (Lipinski definition) is 0. The second-order valence-corrected chi connectivity index (χ2v) is 6.54. The first-order valence-electron chi connectivity index (χ1n) is 9.35. The molecular formula is C23H27NO4. The number of ether oxygens (including phenoxy) is 2. The van der Waals surface area contributed by atoms with Crippen molar-refractivity contribution in [2.75, 3.05) is 19.8 Å². The highest BCUT2D eigenvalue weighted by Crippen LogP contribution is 2.17. The van der Waals surface area contributed by atoms with Crippen molar-refractivity contribution in [1.29, 1.82) is 0 Å². The number of nitrogens with zero attached hydrogens (tertiary/aromatic N) is 1. The highest BCUT2D eigenvalue weighted by molar-refractivity contribution is 5.94. The standard InChI is InChI=1S/C23H27NO4/c1-4-27-22(25)13-14-24(16-19-9-6-5-7-10-19)23(26)20-11-8-12-21(15-20)28-17-18(2)3/h5-12,15H,2,4,13-14,16-17H2,1,3H3. The first-order chi connectivity index (χ1) is 13.5. The van der Waals surface area contributed by atoms with E-state index in [2.05, 4.69) is 6.58 Å². The first kappa shape index (κ1) is 21.2. The fourth-order valence-corrected chi connectivity index (χ4v) is 2.62. The van der Waals surface area contributed by atoms with Gasteiger partial charge in [-0.05, 0) is 43.2 Å². The van der Waals surface area contributed by atoms with Crippen LogP contribution in [-0.4, -0.2) is 36.5 Å². The second kappa shape index (κ2) is 10.9. The van der Waals surface area contributed by atoms with Gasteiger partial charge in [-0.3, -0.25) is 9.59 Å². The third-order valence-electron chi connectivity index (χ3n) is 3.96. The summed E-state index contributed by atoms with van der Waals surface area (Å²) >= 11 is 0. The summed E-state index contributed by atoms with van der Waals surface area (Å²) < 4.78 is 10.6. The SMILES string of the molecule is C=C(C)COc1cccc(C(=O)N(CCC(=O)OCC)Cc2ccccc2)c1. The average molecular weight is 381 g/mol. The Morgan fingerprint density at radius 2 is 1.82 bits per heavy atom. The monoisotopic (exact) mass is 381 g/mol. The van der Waals surface area contributed by atoms with Gasteiger partial charge in [0.25, 0.3) is 5.91 Å². The summed E-state index contributed by atoms with van der Waals surface area (Å²) in [5.74, 6) is 0.139. The van der Waals surface area contributed by atoms with Gasteiger partial charge in [0.15, 0.2) is 0 Å². The molecule has 0 fully saturated rings. The molecule has 5 nitrogen and oxygen atoms in total. The van der Waals surface area contributed by atoms with Crippen LogP contribution in [0, 0.1) is 0 Å². The molecule has 28 heavy (non-hydrogen) atoms. The number of rotatable bonds is 10. The van der Waals surface area contributed by atoms with E-state index in [9.17, 15) is 9.59 Å². The quantitative estimate of drug-likeness (QED) is 0.456. The van der Waals surface area contributed by atoms with Crippen LogP contribution >= 0.6 is 0 Å². The first-order valence-corrected chi connectivity index (χ1v) is 9.35. The summed E-state index contributed by atoms with van der Waals surface area (Å²) in [5.41, 5.74) is 2.41. The predicted octanol–water partition coefficient (Wildman–Crippen LogP) is 4.24. The zero-order valence-electron chi connectivity index (χ0n) is 16.5. The molecule has 0 N–H and O–H groups in total. The lowest BCUT2D eigenvalue weighted by Gasteiger charge is -2.23. The molecule has 0 radical (unpaired) electrons. The van der Waals surface area contributed by atoms with Gasteiger partial charge in [-0.15, -0.1) is 0 Å². The van der Waals surface area contributed by atoms with Gasteiger partial charge in [0, 0.05) is 18.7 Å². The van der Waals surface area contributed by atoms with Crippen molar-refractivity contribution in [3.8, 4) is 5.75 Å². The van der Waals surface area contributed by atoms with Crippen LogP contribution in [0.5, 0.6) is 5.75 Å². The van der Waals surface area contributed by atoms with Crippen molar-refractivity contribution in [2.45, 2.75) is 26.8 Å². The van der Waals surface area contributed by atoms with Crippen molar-refractivity contribution in [1.82, 2.24) is 4.90 Å². The lowest BCUT2D eigenvalue weighted by molar-refractivity contribution is -0.143. The lowest BCUT2D eigenvalue weighted by Crippen LogP contribution is -2.33. The van der Waals surface area contributed by atoms with Gasteiger partial charge in [-0.1, -0.05) is 43.0 Å². The van der Waals surface area contributed by atoms with E-state index in [4.69, 9.17) is 9.47 Å². The molecule has 0 heterocycles. The van der Waals surface area contributed by atoms with Gasteiger partial charge in [-0.25, -0.2) is 0 Å². The fourth-order valence-electron chi connectivity index (χ4n) is 2.62. The topological polar surface area (TPSA) is 55.8 Å². The van der Waals surface area contributed by atoms with E-state index >= 15 is 0 Å². The van der Waals surface area contributed by atoms with Gasteiger partial charge in [0.1, 0.15) is 12.4 Å². The van der Waals surface area contributed by atoms with Crippen LogP contribution in [0.25, 0.3) is 0 Å². The van der Waals surface area contributed by atoms with Crippen LogP contribution < -0.4 is 4.74 Å². The van der Waals surface area contributed by atoms with Crippen molar-refractivity contribution in [3.05, 3.63) is 77.9 Å². The Morgan fingerprint density at radius 1 is 1.07 bits per heavy atom. The fraction of sp³-hybridized carbons (Fsp3) is 0.304. The minimum Gasteiger partial charge on any atom is -0.489 e. The van der Waals surface area contributed by atoms with E-state index in [0.29, 0.717) is 31.1 Å². The minimum absolute atomic E-state index is 0.151. The molecule has 0 unspecified atom stereocenters. The van der Waals surface area contributed by atoms with E-state index in [0.717, 1.165) is 11.1 Å². The molecule has 0 aromatic heterocycles. The molecule has 0 saturated heterocycles. The van der Waals surface area contributed by atoms with Gasteiger partial charge in [0.2, 0.25) is 0 Å². The van der Waals surface area contributed by atoms with Crippen molar-refractivity contribution in [2.24, 2.45) is 0 Å². The van der Waals surface area contributed by atoms with Gasteiger partial charge >= 0.3 is 5.97 Å². The second-order valence-electron chi connectivity index (χ2n) is 6.54. The van der Waals surface area contributed by atoms with Crippen LogP contribution in [0.15, 0.2) is 66.7 Å². The highest BCUT2D eigenvalue weighted by atomic mass is 16.5. The molecule has 5 heteroatoms. The van der Waals surface area contributed by atoms with E-state index in [-0.39, 0.29) is 24.8 Å². The van der Waals surface area contributed by atoms with Crippen LogP contribution in [0.4, 0.5) is 0 Å². The number of hydrogen-bond acceptors (Lipinski definition) is 4. The third kappa shape index (κ3) is 6.91. The average Bonchev–Trinajstić information content (AvgIpc) is 2.70. The maximum Gasteiger partial charge on any atom is 0.307 e. The van der Waals surface area contributed by atoms with Crippen LogP contribution in [0.1, 0.15) is 36.2 Å². The molecule has 0 saturated carbocycles. The Labute approximate surface area is 166 Å². The predicted molar refractivity (Wildman–Crippen MR) is 109 cm³/mol. The van der Waals surface area contributed by atoms with Gasteiger partial charge in [-0.2, -0.15) is 0 Å². The molecule has 0 bridgehead atoms. The molecule has 0 atom stereocenters. The molecule has 148 valence electrons. The minimum atomic E-state index is -0.313. The number of carbonyl (C=O) groups is 2. The maximum absolute atomic E-state index is 13.1. The highest BCUT2D eigenvalue weighted by Gasteiger charge is 2.18. The molecule has 0 spiro atoms. The van der Waals surface area contributed by atoms with E-state index in [1.165, 1.54) is 0 Å². The maximum atomic E-state index is 13.1. The largest absolute Gasteiger partial charge is 0.489 e. The number of benzene rings is 2. The normalized spacial score (nSPS) is 10.2. The number of carbonyl (C=O) groups excluding carboxylic acids is 2. The third-order valence-corrected chi connectivity index (χ3v) is 3.96. The Bertz CT molecular complexity index is 801. The molecular weight excluding hydrogens is 354 g/mol. The Kier molecular flexibility index (Phi) is 8.28. The summed E-state index contributed by atoms with van der Waals surface area (Å²) in [6.07, 6.45) is 0.151. The Balaban J connectivity index is 2.16. The number of esters is 1.